The van der Waals surface area contributed by atoms with Gasteiger partial charge in [0.25, 0.3) is 0 Å². The number of rotatable bonds is 4. The number of fused-ring (bicyclic) bond motifs is 1. The number of likely N-dealkylation sites (N-methyl/N-ethyl adjacent to an activating group) is 1. The van der Waals surface area contributed by atoms with Gasteiger partial charge in [-0.1, -0.05) is 12.1 Å². The molecule has 2 aromatic rings. The molecule has 1 N–H and O–H groups in total. The quantitative estimate of drug-likeness (QED) is 0.934. The van der Waals surface area contributed by atoms with E-state index in [0.717, 1.165) is 42.0 Å². The molecule has 0 unspecified atom stereocenters. The number of hydrogen-bond donors (Lipinski definition) is 1. The molecule has 0 spiro atoms. The van der Waals surface area contributed by atoms with Gasteiger partial charge in [0.15, 0.2) is 0 Å². The molecular weight excluding hydrogens is 285 g/mol. The number of benzene rings is 1. The molecule has 0 aliphatic carbocycles. The zero-order valence-corrected chi connectivity index (χ0v) is 12.4. The summed E-state index contributed by atoms with van der Waals surface area (Å²) in [5.41, 5.74) is 3.98. The lowest BCUT2D eigenvalue weighted by Crippen LogP contribution is -2.28. The van der Waals surface area contributed by atoms with E-state index in [1.54, 1.807) is 16.8 Å². The average molecular weight is 303 g/mol. The lowest BCUT2D eigenvalue weighted by atomic mass is 10.0. The summed E-state index contributed by atoms with van der Waals surface area (Å²) in [6, 6.07) is 6.35. The van der Waals surface area contributed by atoms with Crippen molar-refractivity contribution in [1.82, 2.24) is 14.7 Å². The van der Waals surface area contributed by atoms with E-state index in [2.05, 4.69) is 10.00 Å². The van der Waals surface area contributed by atoms with Crippen LogP contribution in [-0.4, -0.2) is 39.3 Å². The molecule has 1 aromatic carbocycles. The fraction of sp³-hybridized carbons (Fsp3) is 0.375. The lowest BCUT2D eigenvalue weighted by molar-refractivity contribution is -0.137. The summed E-state index contributed by atoms with van der Waals surface area (Å²) in [5, 5.41) is 13.5. The summed E-state index contributed by atoms with van der Waals surface area (Å²) >= 11 is 0. The zero-order valence-electron chi connectivity index (χ0n) is 12.4. The van der Waals surface area contributed by atoms with Gasteiger partial charge in [0.05, 0.1) is 5.69 Å². The van der Waals surface area contributed by atoms with Crippen molar-refractivity contribution in [3.05, 3.63) is 52.6 Å². The van der Waals surface area contributed by atoms with Crippen LogP contribution in [0.25, 0.3) is 0 Å². The first-order valence-corrected chi connectivity index (χ1v) is 7.25. The molecule has 0 saturated carbocycles. The van der Waals surface area contributed by atoms with Crippen LogP contribution < -0.4 is 0 Å². The van der Waals surface area contributed by atoms with E-state index in [-0.39, 0.29) is 12.4 Å². The Kier molecular flexibility index (Phi) is 3.94. The maximum absolute atomic E-state index is 13.0. The summed E-state index contributed by atoms with van der Waals surface area (Å²) in [6.07, 6.45) is 1.39. The predicted octanol–water partition coefficient (Wildman–Crippen LogP) is 1.69. The van der Waals surface area contributed by atoms with E-state index in [1.807, 2.05) is 7.05 Å². The van der Waals surface area contributed by atoms with Gasteiger partial charge in [0.2, 0.25) is 0 Å². The minimum absolute atomic E-state index is 0.116. The van der Waals surface area contributed by atoms with Gasteiger partial charge in [-0.3, -0.25) is 9.48 Å². The predicted molar refractivity (Wildman–Crippen MR) is 79.1 cm³/mol. The van der Waals surface area contributed by atoms with Crippen molar-refractivity contribution in [2.75, 3.05) is 13.6 Å². The van der Waals surface area contributed by atoms with Gasteiger partial charge in [0, 0.05) is 37.2 Å². The van der Waals surface area contributed by atoms with Crippen LogP contribution in [0.15, 0.2) is 24.3 Å². The number of nitrogens with zero attached hydrogens (tertiary/aromatic N) is 3. The maximum atomic E-state index is 13.0. The highest BCUT2D eigenvalue weighted by molar-refractivity contribution is 5.66. The van der Waals surface area contributed by atoms with Crippen LogP contribution >= 0.6 is 0 Å². The average Bonchev–Trinajstić information content (AvgIpc) is 2.78. The van der Waals surface area contributed by atoms with Crippen molar-refractivity contribution in [2.24, 2.45) is 0 Å². The van der Waals surface area contributed by atoms with Crippen LogP contribution in [0.4, 0.5) is 4.39 Å². The normalized spacial score (nSPS) is 14.8. The van der Waals surface area contributed by atoms with Gasteiger partial charge in [-0.2, -0.15) is 5.10 Å². The number of carboxylic acids is 1. The number of carboxylic acid groups (broad SMARTS) is 1. The first kappa shape index (κ1) is 14.7. The molecule has 1 aromatic heterocycles. The van der Waals surface area contributed by atoms with Gasteiger partial charge < -0.3 is 10.0 Å². The Labute approximate surface area is 128 Å². The van der Waals surface area contributed by atoms with Gasteiger partial charge in [0.1, 0.15) is 12.4 Å². The second kappa shape index (κ2) is 5.88. The maximum Gasteiger partial charge on any atom is 0.325 e. The van der Waals surface area contributed by atoms with Crippen molar-refractivity contribution >= 4 is 5.97 Å². The van der Waals surface area contributed by atoms with Gasteiger partial charge in [-0.05, 0) is 24.7 Å². The number of aromatic nitrogens is 2. The van der Waals surface area contributed by atoms with E-state index in [4.69, 9.17) is 5.11 Å². The third-order valence-electron chi connectivity index (χ3n) is 3.98. The number of carbonyl (C=O) groups is 1. The molecule has 5 nitrogen and oxygen atoms in total. The number of halogens is 1. The molecule has 6 heteroatoms. The SMILES string of the molecule is CN1CCc2c(c(Cc3ccc(F)cc3)nn2CC(=O)O)C1. The molecule has 1 aliphatic rings. The highest BCUT2D eigenvalue weighted by atomic mass is 19.1. The van der Waals surface area contributed by atoms with Crippen LogP contribution in [0.1, 0.15) is 22.5 Å². The Morgan fingerprint density at radius 3 is 2.77 bits per heavy atom. The molecule has 116 valence electrons. The summed E-state index contributed by atoms with van der Waals surface area (Å²) in [7, 11) is 2.04. The lowest BCUT2D eigenvalue weighted by Gasteiger charge is -2.23. The van der Waals surface area contributed by atoms with Crippen molar-refractivity contribution in [3.63, 3.8) is 0 Å². The van der Waals surface area contributed by atoms with Gasteiger partial charge >= 0.3 is 5.97 Å². The van der Waals surface area contributed by atoms with Crippen molar-refractivity contribution in [2.45, 2.75) is 25.9 Å². The van der Waals surface area contributed by atoms with Crippen LogP contribution in [0.5, 0.6) is 0 Å². The minimum atomic E-state index is -0.891. The Hall–Kier alpha value is -2.21. The molecule has 3 rings (SSSR count). The number of aliphatic carboxylic acids is 1. The standard InChI is InChI=1S/C16H18FN3O2/c1-19-7-6-15-13(9-19)14(18-20(15)10-16(21)22)8-11-2-4-12(17)5-3-11/h2-5H,6-10H2,1H3,(H,21,22). The Bertz CT molecular complexity index is 694. The van der Waals surface area contributed by atoms with Crippen molar-refractivity contribution in [1.29, 1.82) is 0 Å². The Morgan fingerprint density at radius 2 is 2.09 bits per heavy atom. The fourth-order valence-corrected chi connectivity index (χ4v) is 2.89. The minimum Gasteiger partial charge on any atom is -0.480 e. The Balaban J connectivity index is 1.94. The first-order valence-electron chi connectivity index (χ1n) is 7.25. The van der Waals surface area contributed by atoms with Gasteiger partial charge in [-0.25, -0.2) is 4.39 Å². The molecule has 0 amide bonds. The molecule has 0 fully saturated rings. The summed E-state index contributed by atoms with van der Waals surface area (Å²) in [5.74, 6) is -1.15. The van der Waals surface area contributed by atoms with E-state index < -0.39 is 5.97 Å². The van der Waals surface area contributed by atoms with Crippen LogP contribution in [0, 0.1) is 5.82 Å². The van der Waals surface area contributed by atoms with E-state index >= 15 is 0 Å². The summed E-state index contributed by atoms with van der Waals surface area (Å²) < 4.78 is 14.6. The molecule has 1 aliphatic heterocycles. The molecule has 0 atom stereocenters. The van der Waals surface area contributed by atoms with E-state index in [1.165, 1.54) is 12.1 Å². The highest BCUT2D eigenvalue weighted by Crippen LogP contribution is 2.24. The monoisotopic (exact) mass is 303 g/mol. The second-order valence-corrected chi connectivity index (χ2v) is 5.71. The van der Waals surface area contributed by atoms with Crippen LogP contribution in [-0.2, 0) is 30.7 Å². The summed E-state index contributed by atoms with van der Waals surface area (Å²) in [6.45, 7) is 1.55. The van der Waals surface area contributed by atoms with E-state index in [9.17, 15) is 9.18 Å². The molecule has 2 heterocycles. The number of hydrogen-bond acceptors (Lipinski definition) is 3. The second-order valence-electron chi connectivity index (χ2n) is 5.71. The summed E-state index contributed by atoms with van der Waals surface area (Å²) in [4.78, 5) is 13.2. The van der Waals surface area contributed by atoms with Crippen molar-refractivity contribution in [3.8, 4) is 0 Å². The molecule has 0 saturated heterocycles. The highest BCUT2D eigenvalue weighted by Gasteiger charge is 2.24. The molecule has 0 radical (unpaired) electrons. The van der Waals surface area contributed by atoms with Crippen LogP contribution in [0.3, 0.4) is 0 Å². The largest absolute Gasteiger partial charge is 0.480 e. The van der Waals surface area contributed by atoms with Gasteiger partial charge in [-0.15, -0.1) is 0 Å². The topological polar surface area (TPSA) is 58.4 Å². The fourth-order valence-electron chi connectivity index (χ4n) is 2.89. The molecule has 0 bridgehead atoms. The Morgan fingerprint density at radius 1 is 1.36 bits per heavy atom. The third kappa shape index (κ3) is 3.01. The molecule has 22 heavy (non-hydrogen) atoms. The van der Waals surface area contributed by atoms with Crippen molar-refractivity contribution < 1.29 is 14.3 Å². The van der Waals surface area contributed by atoms with E-state index in [0.29, 0.717) is 6.42 Å². The first-order chi connectivity index (χ1) is 10.5. The smallest absolute Gasteiger partial charge is 0.325 e. The zero-order chi connectivity index (χ0) is 15.7. The third-order valence-corrected chi connectivity index (χ3v) is 3.98. The molecular formula is C16H18FN3O2. The van der Waals surface area contributed by atoms with Crippen LogP contribution in [0.2, 0.25) is 0 Å².